The van der Waals surface area contributed by atoms with Crippen LogP contribution in [0.1, 0.15) is 41.5 Å². The molecule has 9 nitrogen and oxygen atoms in total. The molecule has 9 heteroatoms. The van der Waals surface area contributed by atoms with Crippen molar-refractivity contribution in [2.75, 3.05) is 4.90 Å². The fraction of sp³-hybridized carbons (Fsp3) is 0.500. The highest BCUT2D eigenvalue weighted by molar-refractivity contribution is 6.12. The lowest BCUT2D eigenvalue weighted by Gasteiger charge is -2.28. The Morgan fingerprint density at radius 1 is 1.08 bits per heavy atom. The molecule has 0 bridgehead atoms. The van der Waals surface area contributed by atoms with Crippen LogP contribution in [0.5, 0.6) is 5.88 Å². The summed E-state index contributed by atoms with van der Waals surface area (Å²) in [6, 6.07) is 1.33. The summed E-state index contributed by atoms with van der Waals surface area (Å²) in [6.45, 7) is 9.99. The molecule has 0 fully saturated rings. The number of H-pyrrole nitrogens is 1. The number of pyridine rings is 1. The lowest BCUT2D eigenvalue weighted by atomic mass is 10.2. The Labute approximate surface area is 145 Å². The van der Waals surface area contributed by atoms with Crippen molar-refractivity contribution in [1.82, 2.24) is 15.0 Å². The molecular formula is C16H22N4O5. The van der Waals surface area contributed by atoms with E-state index in [9.17, 15) is 14.7 Å². The highest BCUT2D eigenvalue weighted by atomic mass is 16.6. The third kappa shape index (κ3) is 4.59. The monoisotopic (exact) mass is 350 g/mol. The Kier molecular flexibility index (Phi) is 4.61. The predicted molar refractivity (Wildman–Crippen MR) is 90.5 cm³/mol. The summed E-state index contributed by atoms with van der Waals surface area (Å²) in [5.41, 5.74) is -1.08. The van der Waals surface area contributed by atoms with Crippen molar-refractivity contribution in [1.29, 1.82) is 0 Å². The van der Waals surface area contributed by atoms with E-state index in [1.165, 1.54) is 12.4 Å². The van der Waals surface area contributed by atoms with E-state index in [2.05, 4.69) is 15.0 Å². The van der Waals surface area contributed by atoms with E-state index in [1.807, 2.05) is 0 Å². The van der Waals surface area contributed by atoms with Crippen molar-refractivity contribution < 1.29 is 24.2 Å². The van der Waals surface area contributed by atoms with Crippen LogP contribution in [-0.2, 0) is 9.47 Å². The van der Waals surface area contributed by atoms with Crippen molar-refractivity contribution >= 4 is 29.0 Å². The topological polar surface area (TPSA) is 118 Å². The van der Waals surface area contributed by atoms with Crippen LogP contribution in [0.3, 0.4) is 0 Å². The Morgan fingerprint density at radius 2 is 1.60 bits per heavy atom. The normalized spacial score (nSPS) is 12.1. The number of aromatic hydroxyl groups is 1. The van der Waals surface area contributed by atoms with E-state index < -0.39 is 23.4 Å². The van der Waals surface area contributed by atoms with Gasteiger partial charge in [0.15, 0.2) is 5.82 Å². The number of aromatic amines is 1. The van der Waals surface area contributed by atoms with E-state index in [1.54, 1.807) is 41.5 Å². The second kappa shape index (κ2) is 6.23. The minimum absolute atomic E-state index is 0.181. The molecule has 136 valence electrons. The first-order valence-electron chi connectivity index (χ1n) is 7.66. The molecule has 0 saturated heterocycles. The molecular weight excluding hydrogens is 328 g/mol. The maximum Gasteiger partial charge on any atom is 0.425 e. The number of rotatable bonds is 1. The first-order valence-corrected chi connectivity index (χ1v) is 7.66. The molecule has 2 rings (SSSR count). The van der Waals surface area contributed by atoms with Gasteiger partial charge in [0.1, 0.15) is 16.7 Å². The molecule has 0 spiro atoms. The van der Waals surface area contributed by atoms with Gasteiger partial charge < -0.3 is 19.6 Å². The van der Waals surface area contributed by atoms with E-state index in [0.717, 1.165) is 0 Å². The van der Waals surface area contributed by atoms with E-state index in [0.29, 0.717) is 10.4 Å². The van der Waals surface area contributed by atoms with Gasteiger partial charge in [-0.15, -0.1) is 0 Å². The average molecular weight is 350 g/mol. The molecule has 0 atom stereocenters. The molecule has 2 N–H and O–H groups in total. The van der Waals surface area contributed by atoms with Crippen LogP contribution in [-0.4, -0.2) is 43.4 Å². The second-order valence-corrected chi connectivity index (χ2v) is 7.40. The van der Waals surface area contributed by atoms with Crippen LogP contribution in [0.15, 0.2) is 12.4 Å². The molecule has 2 heterocycles. The summed E-state index contributed by atoms with van der Waals surface area (Å²) in [5, 5.41) is 9.82. The third-order valence-electron chi connectivity index (χ3n) is 2.74. The maximum absolute atomic E-state index is 12.6. The number of imidazole rings is 1. The van der Waals surface area contributed by atoms with Crippen molar-refractivity contribution in [2.24, 2.45) is 0 Å². The van der Waals surface area contributed by atoms with Gasteiger partial charge in [-0.3, -0.25) is 0 Å². The predicted octanol–water partition coefficient (Wildman–Crippen LogP) is 3.34. The third-order valence-corrected chi connectivity index (χ3v) is 2.74. The van der Waals surface area contributed by atoms with Crippen LogP contribution >= 0.6 is 0 Å². The number of anilines is 1. The summed E-state index contributed by atoms with van der Waals surface area (Å²) in [4.78, 5) is 36.6. The summed E-state index contributed by atoms with van der Waals surface area (Å²) < 4.78 is 10.6. The number of imide groups is 1. The highest BCUT2D eigenvalue weighted by Gasteiger charge is 2.35. The number of aromatic nitrogens is 3. The SMILES string of the molecule is CC(C)(C)OC(=O)N(C(=O)OC(C)(C)C)c1nc(O)cc2[nH]cnc12. The van der Waals surface area contributed by atoms with Gasteiger partial charge in [0, 0.05) is 6.07 Å². The molecule has 2 aromatic heterocycles. The molecule has 25 heavy (non-hydrogen) atoms. The zero-order valence-electron chi connectivity index (χ0n) is 15.1. The Hall–Kier alpha value is -2.84. The molecule has 0 unspecified atom stereocenters. The number of carbonyl (C=O) groups is 2. The summed E-state index contributed by atoms with van der Waals surface area (Å²) in [7, 11) is 0. The quantitative estimate of drug-likeness (QED) is 0.809. The first kappa shape index (κ1) is 18.5. The maximum atomic E-state index is 12.6. The fourth-order valence-corrected chi connectivity index (χ4v) is 1.93. The molecule has 2 aromatic rings. The van der Waals surface area contributed by atoms with Gasteiger partial charge in [0.2, 0.25) is 5.88 Å². The summed E-state index contributed by atoms with van der Waals surface area (Å²) in [5.74, 6) is -0.566. The van der Waals surface area contributed by atoms with Gasteiger partial charge in [0.25, 0.3) is 0 Å². The van der Waals surface area contributed by atoms with Gasteiger partial charge in [0.05, 0.1) is 11.8 Å². The number of hydrogen-bond acceptors (Lipinski definition) is 7. The number of nitrogens with one attached hydrogen (secondary N) is 1. The van der Waals surface area contributed by atoms with Crippen molar-refractivity contribution in [2.45, 2.75) is 52.7 Å². The van der Waals surface area contributed by atoms with Crippen molar-refractivity contribution in [3.05, 3.63) is 12.4 Å². The number of carbonyl (C=O) groups excluding carboxylic acids is 2. The van der Waals surface area contributed by atoms with E-state index in [4.69, 9.17) is 9.47 Å². The second-order valence-electron chi connectivity index (χ2n) is 7.40. The molecule has 0 aromatic carbocycles. The van der Waals surface area contributed by atoms with Crippen LogP contribution < -0.4 is 4.90 Å². The summed E-state index contributed by atoms with van der Waals surface area (Å²) >= 11 is 0. The smallest absolute Gasteiger partial charge is 0.425 e. The number of amides is 2. The Balaban J connectivity index is 2.55. The Morgan fingerprint density at radius 3 is 2.08 bits per heavy atom. The van der Waals surface area contributed by atoms with Crippen LogP contribution in [0.25, 0.3) is 11.0 Å². The molecule has 0 radical (unpaired) electrons. The highest BCUT2D eigenvalue weighted by Crippen LogP contribution is 2.28. The molecule has 0 aliphatic rings. The first-order chi connectivity index (χ1) is 11.4. The fourth-order valence-electron chi connectivity index (χ4n) is 1.93. The zero-order valence-corrected chi connectivity index (χ0v) is 15.1. The van der Waals surface area contributed by atoms with E-state index in [-0.39, 0.29) is 17.2 Å². The lowest BCUT2D eigenvalue weighted by Crippen LogP contribution is -2.44. The molecule has 0 saturated carbocycles. The van der Waals surface area contributed by atoms with Crippen molar-refractivity contribution in [3.63, 3.8) is 0 Å². The number of fused-ring (bicyclic) bond motifs is 1. The number of nitrogens with zero attached hydrogens (tertiary/aromatic N) is 3. The standard InChI is InChI=1S/C16H22N4O5/c1-15(2,3)24-13(22)20(14(23)25-16(4,5)6)12-11-9(17-8-18-11)7-10(21)19-12/h7-8H,1-6H3,(H,17,18)(H,19,21). The minimum Gasteiger partial charge on any atom is -0.493 e. The molecule has 0 aliphatic carbocycles. The van der Waals surface area contributed by atoms with Crippen LogP contribution in [0, 0.1) is 0 Å². The Bertz CT molecular complexity index is 773. The van der Waals surface area contributed by atoms with E-state index >= 15 is 0 Å². The summed E-state index contributed by atoms with van der Waals surface area (Å²) in [6.07, 6.45) is -0.606. The van der Waals surface area contributed by atoms with Crippen LogP contribution in [0.4, 0.5) is 15.4 Å². The molecule has 2 amide bonds. The number of hydrogen-bond donors (Lipinski definition) is 2. The van der Waals surface area contributed by atoms with Gasteiger partial charge in [-0.2, -0.15) is 9.88 Å². The van der Waals surface area contributed by atoms with Crippen LogP contribution in [0.2, 0.25) is 0 Å². The average Bonchev–Trinajstić information content (AvgIpc) is 2.82. The van der Waals surface area contributed by atoms with Crippen molar-refractivity contribution in [3.8, 4) is 5.88 Å². The molecule has 0 aliphatic heterocycles. The zero-order chi connectivity index (χ0) is 19.0. The largest absolute Gasteiger partial charge is 0.493 e. The number of ether oxygens (including phenoxy) is 2. The van der Waals surface area contributed by atoms with Gasteiger partial charge >= 0.3 is 12.2 Å². The van der Waals surface area contributed by atoms with Gasteiger partial charge in [-0.05, 0) is 41.5 Å². The lowest BCUT2D eigenvalue weighted by molar-refractivity contribution is 0.0429. The van der Waals surface area contributed by atoms with Gasteiger partial charge in [-0.1, -0.05) is 0 Å². The minimum atomic E-state index is -0.982. The van der Waals surface area contributed by atoms with Gasteiger partial charge in [-0.25, -0.2) is 14.6 Å².